The van der Waals surface area contributed by atoms with Gasteiger partial charge in [0.1, 0.15) is 16.9 Å². The van der Waals surface area contributed by atoms with Gasteiger partial charge in [0, 0.05) is 32.8 Å². The SMILES string of the molecule is COc1cccc(NC(=O)N2CCCN(C(=O)[C@@H]3CCCO3)CC2)c1Cl. The number of amides is 3. The number of hydrogen-bond acceptors (Lipinski definition) is 4. The van der Waals surface area contributed by atoms with E-state index >= 15 is 0 Å². The Hall–Kier alpha value is -1.99. The highest BCUT2D eigenvalue weighted by atomic mass is 35.5. The second-order valence-corrected chi connectivity index (χ2v) is 6.80. The zero-order chi connectivity index (χ0) is 18.5. The molecular weight excluding hydrogens is 358 g/mol. The highest BCUT2D eigenvalue weighted by Crippen LogP contribution is 2.31. The fourth-order valence-electron chi connectivity index (χ4n) is 3.28. The Kier molecular flexibility index (Phi) is 6.21. The van der Waals surface area contributed by atoms with Gasteiger partial charge < -0.3 is 24.6 Å². The Bertz CT molecular complexity index is 664. The van der Waals surface area contributed by atoms with E-state index < -0.39 is 0 Å². The minimum atomic E-state index is -0.314. The molecule has 1 N–H and O–H groups in total. The third-order valence-corrected chi connectivity index (χ3v) is 5.11. The van der Waals surface area contributed by atoms with E-state index in [0.717, 1.165) is 19.3 Å². The summed E-state index contributed by atoms with van der Waals surface area (Å²) in [5, 5.41) is 3.20. The molecule has 1 aromatic rings. The van der Waals surface area contributed by atoms with Crippen molar-refractivity contribution in [3.63, 3.8) is 0 Å². The van der Waals surface area contributed by atoms with Gasteiger partial charge in [-0.2, -0.15) is 0 Å². The second kappa shape index (κ2) is 8.60. The number of nitrogens with one attached hydrogen (secondary N) is 1. The molecule has 8 heteroatoms. The third-order valence-electron chi connectivity index (χ3n) is 4.72. The molecule has 2 heterocycles. The first-order valence-electron chi connectivity index (χ1n) is 8.89. The van der Waals surface area contributed by atoms with Gasteiger partial charge in [-0.3, -0.25) is 4.79 Å². The number of halogens is 1. The molecule has 142 valence electrons. The number of carbonyl (C=O) groups is 2. The summed E-state index contributed by atoms with van der Waals surface area (Å²) in [6.45, 7) is 2.87. The second-order valence-electron chi connectivity index (χ2n) is 6.42. The monoisotopic (exact) mass is 381 g/mol. The Balaban J connectivity index is 1.58. The van der Waals surface area contributed by atoms with Crippen LogP contribution in [0.5, 0.6) is 5.75 Å². The average molecular weight is 382 g/mol. The molecule has 1 aromatic carbocycles. The zero-order valence-corrected chi connectivity index (χ0v) is 15.6. The molecule has 1 atom stereocenters. The van der Waals surface area contributed by atoms with Crippen LogP contribution in [0.15, 0.2) is 18.2 Å². The maximum Gasteiger partial charge on any atom is 0.321 e. The molecule has 0 unspecified atom stereocenters. The topological polar surface area (TPSA) is 71.1 Å². The molecule has 0 saturated carbocycles. The standard InChI is InChI=1S/C18H24ClN3O4/c1-25-14-6-2-5-13(16(14)19)20-18(24)22-9-4-8-21(10-11-22)17(23)15-7-3-12-26-15/h2,5-6,15H,3-4,7-12H2,1H3,(H,20,24)/t15-/m0/s1. The summed E-state index contributed by atoms with van der Waals surface area (Å²) in [5.41, 5.74) is 0.507. The van der Waals surface area contributed by atoms with Gasteiger partial charge in [-0.1, -0.05) is 17.7 Å². The first-order chi connectivity index (χ1) is 12.6. The van der Waals surface area contributed by atoms with Crippen molar-refractivity contribution < 1.29 is 19.1 Å². The largest absolute Gasteiger partial charge is 0.495 e. The summed E-state index contributed by atoms with van der Waals surface area (Å²) in [5.74, 6) is 0.550. The van der Waals surface area contributed by atoms with Crippen molar-refractivity contribution in [2.24, 2.45) is 0 Å². The van der Waals surface area contributed by atoms with Crippen LogP contribution in [0.25, 0.3) is 0 Å². The molecule has 3 amide bonds. The van der Waals surface area contributed by atoms with Crippen LogP contribution < -0.4 is 10.1 Å². The molecule has 0 spiro atoms. The summed E-state index contributed by atoms with van der Waals surface area (Å²) in [6.07, 6.45) is 2.14. The van der Waals surface area contributed by atoms with Crippen molar-refractivity contribution in [3.8, 4) is 5.75 Å². The first kappa shape index (κ1) is 18.8. The molecule has 2 saturated heterocycles. The van der Waals surface area contributed by atoms with E-state index in [0.29, 0.717) is 49.2 Å². The Morgan fingerprint density at radius 3 is 2.69 bits per heavy atom. The maximum atomic E-state index is 12.6. The molecule has 7 nitrogen and oxygen atoms in total. The molecule has 2 fully saturated rings. The predicted molar refractivity (Wildman–Crippen MR) is 98.8 cm³/mol. The molecule has 0 radical (unpaired) electrons. The lowest BCUT2D eigenvalue weighted by atomic mass is 10.2. The number of hydrogen-bond donors (Lipinski definition) is 1. The van der Waals surface area contributed by atoms with Gasteiger partial charge >= 0.3 is 6.03 Å². The van der Waals surface area contributed by atoms with Crippen LogP contribution in [-0.4, -0.2) is 67.7 Å². The van der Waals surface area contributed by atoms with Crippen molar-refractivity contribution in [1.29, 1.82) is 0 Å². The number of carbonyl (C=O) groups excluding carboxylic acids is 2. The van der Waals surface area contributed by atoms with Crippen molar-refractivity contribution in [2.75, 3.05) is 45.2 Å². The predicted octanol–water partition coefficient (Wildman–Crippen LogP) is 2.59. The fraction of sp³-hybridized carbons (Fsp3) is 0.556. The van der Waals surface area contributed by atoms with Gasteiger partial charge in [-0.15, -0.1) is 0 Å². The van der Waals surface area contributed by atoms with E-state index in [1.165, 1.54) is 7.11 Å². The Morgan fingerprint density at radius 1 is 1.19 bits per heavy atom. The third kappa shape index (κ3) is 4.22. The number of anilines is 1. The number of rotatable bonds is 3. The summed E-state index contributed by atoms with van der Waals surface area (Å²) >= 11 is 6.24. The molecule has 26 heavy (non-hydrogen) atoms. The quantitative estimate of drug-likeness (QED) is 0.873. The van der Waals surface area contributed by atoms with E-state index in [1.54, 1.807) is 23.1 Å². The van der Waals surface area contributed by atoms with Crippen molar-refractivity contribution in [2.45, 2.75) is 25.4 Å². The van der Waals surface area contributed by atoms with Gasteiger partial charge in [-0.25, -0.2) is 4.79 Å². The van der Waals surface area contributed by atoms with Gasteiger partial charge in [0.2, 0.25) is 0 Å². The number of methoxy groups -OCH3 is 1. The lowest BCUT2D eigenvalue weighted by Gasteiger charge is -2.24. The number of nitrogens with zero attached hydrogens (tertiary/aromatic N) is 2. The van der Waals surface area contributed by atoms with Crippen molar-refractivity contribution in [3.05, 3.63) is 23.2 Å². The van der Waals surface area contributed by atoms with Crippen LogP contribution in [0.4, 0.5) is 10.5 Å². The van der Waals surface area contributed by atoms with Crippen LogP contribution in [0, 0.1) is 0 Å². The summed E-state index contributed by atoms with van der Waals surface area (Å²) in [7, 11) is 1.53. The fourth-order valence-corrected chi connectivity index (χ4v) is 3.53. The Labute approximate surface area is 158 Å². The van der Waals surface area contributed by atoms with E-state index in [2.05, 4.69) is 5.32 Å². The minimum absolute atomic E-state index is 0.0422. The Morgan fingerprint density at radius 2 is 1.96 bits per heavy atom. The minimum Gasteiger partial charge on any atom is -0.495 e. The van der Waals surface area contributed by atoms with E-state index in [4.69, 9.17) is 21.1 Å². The van der Waals surface area contributed by atoms with Crippen LogP contribution >= 0.6 is 11.6 Å². The lowest BCUT2D eigenvalue weighted by Crippen LogP contribution is -2.42. The average Bonchev–Trinajstić information content (AvgIpc) is 3.07. The number of ether oxygens (including phenoxy) is 2. The van der Waals surface area contributed by atoms with Gasteiger partial charge in [0.25, 0.3) is 5.91 Å². The molecule has 0 aliphatic carbocycles. The summed E-state index contributed by atoms with van der Waals surface area (Å²) < 4.78 is 10.7. The van der Waals surface area contributed by atoms with Crippen molar-refractivity contribution in [1.82, 2.24) is 9.80 Å². The summed E-state index contributed by atoms with van der Waals surface area (Å²) in [4.78, 5) is 28.6. The van der Waals surface area contributed by atoms with Gasteiger partial charge in [0.15, 0.2) is 0 Å². The molecular formula is C18H24ClN3O4. The summed E-state index contributed by atoms with van der Waals surface area (Å²) in [6, 6.07) is 5.00. The van der Waals surface area contributed by atoms with E-state index in [9.17, 15) is 9.59 Å². The van der Waals surface area contributed by atoms with Gasteiger partial charge in [0.05, 0.1) is 12.8 Å². The van der Waals surface area contributed by atoms with Crippen LogP contribution in [0.3, 0.4) is 0 Å². The molecule has 0 bridgehead atoms. The highest BCUT2D eigenvalue weighted by Gasteiger charge is 2.30. The number of benzene rings is 1. The molecule has 3 rings (SSSR count). The van der Waals surface area contributed by atoms with E-state index in [-0.39, 0.29) is 18.0 Å². The first-order valence-corrected chi connectivity index (χ1v) is 9.27. The smallest absolute Gasteiger partial charge is 0.321 e. The molecule has 2 aliphatic rings. The highest BCUT2D eigenvalue weighted by molar-refractivity contribution is 6.35. The zero-order valence-electron chi connectivity index (χ0n) is 14.9. The van der Waals surface area contributed by atoms with Crippen LogP contribution in [0.1, 0.15) is 19.3 Å². The molecule has 0 aromatic heterocycles. The van der Waals surface area contributed by atoms with Crippen LogP contribution in [-0.2, 0) is 9.53 Å². The molecule has 2 aliphatic heterocycles. The van der Waals surface area contributed by atoms with Crippen LogP contribution in [0.2, 0.25) is 5.02 Å². The lowest BCUT2D eigenvalue weighted by molar-refractivity contribution is -0.140. The maximum absolute atomic E-state index is 12.6. The normalized spacial score (nSPS) is 20.6. The van der Waals surface area contributed by atoms with Crippen molar-refractivity contribution >= 4 is 29.2 Å². The number of urea groups is 1. The van der Waals surface area contributed by atoms with E-state index in [1.807, 2.05) is 4.90 Å². The van der Waals surface area contributed by atoms with Gasteiger partial charge in [-0.05, 0) is 31.4 Å².